The Balaban J connectivity index is 2.52. The lowest BCUT2D eigenvalue weighted by Crippen LogP contribution is -2.20. The summed E-state index contributed by atoms with van der Waals surface area (Å²) in [5.41, 5.74) is 0. The van der Waals surface area contributed by atoms with E-state index in [2.05, 4.69) is 0 Å². The molecule has 1 aliphatic rings. The van der Waals surface area contributed by atoms with Crippen LogP contribution in [-0.2, 0) is 9.53 Å². The van der Waals surface area contributed by atoms with Crippen molar-refractivity contribution in [3.8, 4) is 0 Å². The second-order valence-electron chi connectivity index (χ2n) is 2.44. The largest absolute Gasteiger partial charge is 0.373 e. The van der Waals surface area contributed by atoms with Crippen molar-refractivity contribution < 1.29 is 9.53 Å². The van der Waals surface area contributed by atoms with Crippen LogP contribution in [-0.4, -0.2) is 19.0 Å². The maximum atomic E-state index is 11.1. The third kappa shape index (κ3) is 1.67. The lowest BCUT2D eigenvalue weighted by Gasteiger charge is -2.08. The fourth-order valence-corrected chi connectivity index (χ4v) is 1.08. The van der Waals surface area contributed by atoms with Crippen molar-refractivity contribution in [3.05, 3.63) is 12.2 Å². The van der Waals surface area contributed by atoms with Gasteiger partial charge in [0.1, 0.15) is 6.10 Å². The molecule has 0 fully saturated rings. The van der Waals surface area contributed by atoms with E-state index in [1.54, 1.807) is 7.11 Å². The van der Waals surface area contributed by atoms with Gasteiger partial charge in [-0.15, -0.1) is 0 Å². The van der Waals surface area contributed by atoms with Gasteiger partial charge in [0, 0.05) is 13.5 Å². The summed E-state index contributed by atoms with van der Waals surface area (Å²) in [5.74, 6) is 0.229. The highest BCUT2D eigenvalue weighted by Crippen LogP contribution is 2.09. The maximum Gasteiger partial charge on any atom is 0.162 e. The van der Waals surface area contributed by atoms with Crippen LogP contribution in [0.4, 0.5) is 0 Å². The average Bonchev–Trinajstić information content (AvgIpc) is 2.13. The van der Waals surface area contributed by atoms with Gasteiger partial charge in [-0.25, -0.2) is 0 Å². The second-order valence-corrected chi connectivity index (χ2v) is 2.44. The Morgan fingerprint density at radius 1 is 1.60 bits per heavy atom. The number of rotatable bonds is 1. The van der Waals surface area contributed by atoms with Gasteiger partial charge in [0.15, 0.2) is 5.78 Å². The molecule has 1 unspecified atom stereocenters. The lowest BCUT2D eigenvalue weighted by atomic mass is 10.1. The van der Waals surface area contributed by atoms with Gasteiger partial charge in [0.25, 0.3) is 0 Å². The topological polar surface area (TPSA) is 26.3 Å². The van der Waals surface area contributed by atoms with E-state index in [1.165, 1.54) is 0 Å². The van der Waals surface area contributed by atoms with E-state index >= 15 is 0 Å². The van der Waals surface area contributed by atoms with Gasteiger partial charge in [-0.2, -0.15) is 0 Å². The second kappa shape index (κ2) is 3.52. The molecule has 0 bridgehead atoms. The van der Waals surface area contributed by atoms with E-state index in [0.717, 1.165) is 12.8 Å². The Morgan fingerprint density at radius 3 is 3.10 bits per heavy atom. The number of methoxy groups -OCH3 is 1. The summed E-state index contributed by atoms with van der Waals surface area (Å²) in [6.07, 6.45) is 6.12. The highest BCUT2D eigenvalue weighted by molar-refractivity contribution is 5.83. The minimum Gasteiger partial charge on any atom is -0.373 e. The summed E-state index contributed by atoms with van der Waals surface area (Å²) in [7, 11) is 1.59. The minimum atomic E-state index is -0.182. The first-order valence-corrected chi connectivity index (χ1v) is 3.55. The molecule has 2 nitrogen and oxygen atoms in total. The number of Topliss-reactive ketones (excluding diaryl/α,β-unsaturated/α-hetero) is 1. The van der Waals surface area contributed by atoms with Gasteiger partial charge >= 0.3 is 0 Å². The molecular weight excluding hydrogens is 128 g/mol. The van der Waals surface area contributed by atoms with Crippen LogP contribution in [0.25, 0.3) is 0 Å². The maximum absolute atomic E-state index is 11.1. The Kier molecular flexibility index (Phi) is 2.63. The number of hydrogen-bond donors (Lipinski definition) is 0. The van der Waals surface area contributed by atoms with Crippen LogP contribution < -0.4 is 0 Å². The molecular formula is C8H12O2. The molecule has 1 aliphatic carbocycles. The van der Waals surface area contributed by atoms with Crippen molar-refractivity contribution in [2.24, 2.45) is 0 Å². The Morgan fingerprint density at radius 2 is 2.40 bits per heavy atom. The standard InChI is InChI=1S/C8H12O2/c1-10-8-6-4-2-3-5-7(8)9/h2,4,8H,3,5-6H2,1H3. The van der Waals surface area contributed by atoms with Crippen LogP contribution in [0.5, 0.6) is 0 Å². The summed E-state index contributed by atoms with van der Waals surface area (Å²) < 4.78 is 4.98. The van der Waals surface area contributed by atoms with Crippen molar-refractivity contribution in [2.45, 2.75) is 25.4 Å². The Bertz CT molecular complexity index is 149. The summed E-state index contributed by atoms with van der Waals surface area (Å²) in [5, 5.41) is 0. The van der Waals surface area contributed by atoms with Gasteiger partial charge in [0.05, 0.1) is 0 Å². The number of hydrogen-bond acceptors (Lipinski definition) is 2. The molecule has 0 aromatic rings. The fourth-order valence-electron chi connectivity index (χ4n) is 1.08. The van der Waals surface area contributed by atoms with Crippen LogP contribution >= 0.6 is 0 Å². The molecule has 2 heteroatoms. The quantitative estimate of drug-likeness (QED) is 0.513. The van der Waals surface area contributed by atoms with Crippen molar-refractivity contribution in [2.75, 3.05) is 7.11 Å². The van der Waals surface area contributed by atoms with Crippen LogP contribution in [0.3, 0.4) is 0 Å². The first-order valence-electron chi connectivity index (χ1n) is 3.55. The number of carbonyl (C=O) groups is 1. The zero-order valence-corrected chi connectivity index (χ0v) is 6.17. The van der Waals surface area contributed by atoms with E-state index in [1.807, 2.05) is 12.2 Å². The van der Waals surface area contributed by atoms with Crippen molar-refractivity contribution in [1.29, 1.82) is 0 Å². The molecule has 0 aliphatic heterocycles. The zero-order valence-electron chi connectivity index (χ0n) is 6.17. The predicted octanol–water partition coefficient (Wildman–Crippen LogP) is 1.31. The van der Waals surface area contributed by atoms with Crippen LogP contribution in [0, 0.1) is 0 Å². The van der Waals surface area contributed by atoms with Gasteiger partial charge in [0.2, 0.25) is 0 Å². The molecule has 1 rings (SSSR count). The van der Waals surface area contributed by atoms with Crippen LogP contribution in [0.15, 0.2) is 12.2 Å². The predicted molar refractivity (Wildman–Crippen MR) is 38.8 cm³/mol. The van der Waals surface area contributed by atoms with E-state index in [4.69, 9.17) is 4.74 Å². The monoisotopic (exact) mass is 140 g/mol. The third-order valence-electron chi connectivity index (χ3n) is 1.72. The molecule has 10 heavy (non-hydrogen) atoms. The van der Waals surface area contributed by atoms with E-state index < -0.39 is 0 Å². The first-order chi connectivity index (χ1) is 4.84. The number of ether oxygens (including phenoxy) is 1. The summed E-state index contributed by atoms with van der Waals surface area (Å²) >= 11 is 0. The summed E-state index contributed by atoms with van der Waals surface area (Å²) in [6.45, 7) is 0. The summed E-state index contributed by atoms with van der Waals surface area (Å²) in [6, 6.07) is 0. The average molecular weight is 140 g/mol. The van der Waals surface area contributed by atoms with Crippen molar-refractivity contribution in [1.82, 2.24) is 0 Å². The molecule has 0 spiro atoms. The van der Waals surface area contributed by atoms with Gasteiger partial charge in [-0.3, -0.25) is 4.79 Å². The van der Waals surface area contributed by atoms with E-state index in [-0.39, 0.29) is 11.9 Å². The highest BCUT2D eigenvalue weighted by atomic mass is 16.5. The molecule has 0 aromatic heterocycles. The normalized spacial score (nSPS) is 26.5. The van der Waals surface area contributed by atoms with E-state index in [9.17, 15) is 4.79 Å². The van der Waals surface area contributed by atoms with Crippen LogP contribution in [0.2, 0.25) is 0 Å². The molecule has 0 radical (unpaired) electrons. The zero-order chi connectivity index (χ0) is 7.40. The molecule has 0 saturated heterocycles. The number of carbonyl (C=O) groups excluding carboxylic acids is 1. The molecule has 0 amide bonds. The number of allylic oxidation sites excluding steroid dienone is 1. The van der Waals surface area contributed by atoms with Gasteiger partial charge in [-0.05, 0) is 12.8 Å². The van der Waals surface area contributed by atoms with Crippen LogP contribution in [0.1, 0.15) is 19.3 Å². The molecule has 1 atom stereocenters. The number of ketones is 1. The van der Waals surface area contributed by atoms with Crippen molar-refractivity contribution in [3.63, 3.8) is 0 Å². The smallest absolute Gasteiger partial charge is 0.162 e. The highest BCUT2D eigenvalue weighted by Gasteiger charge is 2.16. The molecule has 0 heterocycles. The third-order valence-corrected chi connectivity index (χ3v) is 1.72. The van der Waals surface area contributed by atoms with Crippen molar-refractivity contribution >= 4 is 5.78 Å². The SMILES string of the molecule is COC1CC=CCCC1=O. The first kappa shape index (κ1) is 7.48. The van der Waals surface area contributed by atoms with Gasteiger partial charge < -0.3 is 4.74 Å². The fraction of sp³-hybridized carbons (Fsp3) is 0.625. The molecule has 56 valence electrons. The lowest BCUT2D eigenvalue weighted by molar-refractivity contribution is -0.128. The van der Waals surface area contributed by atoms with Gasteiger partial charge in [-0.1, -0.05) is 12.2 Å². The molecule has 0 saturated carbocycles. The molecule has 0 N–H and O–H groups in total. The Hall–Kier alpha value is -0.630. The Labute approximate surface area is 60.9 Å². The molecule has 0 aromatic carbocycles. The van der Waals surface area contributed by atoms with E-state index in [0.29, 0.717) is 6.42 Å². The minimum absolute atomic E-state index is 0.182. The summed E-state index contributed by atoms with van der Waals surface area (Å²) in [4.78, 5) is 11.1.